The highest BCUT2D eigenvalue weighted by Crippen LogP contribution is 2.29. The molecule has 4 aromatic rings. The highest BCUT2D eigenvalue weighted by Gasteiger charge is 2.27. The first kappa shape index (κ1) is 16.1. The Balaban J connectivity index is 1.34. The number of benzene rings is 1. The maximum Gasteiger partial charge on any atom is 0.256 e. The van der Waals surface area contributed by atoms with Crippen molar-refractivity contribution in [2.75, 3.05) is 13.1 Å². The van der Waals surface area contributed by atoms with E-state index in [1.807, 2.05) is 59.2 Å². The van der Waals surface area contributed by atoms with Crippen LogP contribution in [0, 0.1) is 0 Å². The number of carbonyl (C=O) groups is 1. The van der Waals surface area contributed by atoms with Crippen LogP contribution in [0.3, 0.4) is 0 Å². The van der Waals surface area contributed by atoms with Gasteiger partial charge in [0, 0.05) is 61.1 Å². The molecule has 1 saturated heterocycles. The minimum absolute atomic E-state index is 0.129. The van der Waals surface area contributed by atoms with Gasteiger partial charge in [0.2, 0.25) is 0 Å². The standard InChI is InChI=1S/C21H21N5O/c1-24-14-17(16-4-2-3-5-19(16)24)21(27)25-11-7-15(8-12-25)18-9-13-26-20(23-18)6-10-22-26/h2-6,9-10,13-15H,7-8,11-12H2,1H3. The highest BCUT2D eigenvalue weighted by atomic mass is 16.2. The Kier molecular flexibility index (Phi) is 3.70. The second kappa shape index (κ2) is 6.23. The molecule has 27 heavy (non-hydrogen) atoms. The van der Waals surface area contributed by atoms with Crippen molar-refractivity contribution < 1.29 is 4.79 Å². The number of hydrogen-bond acceptors (Lipinski definition) is 3. The summed E-state index contributed by atoms with van der Waals surface area (Å²) in [5.74, 6) is 0.519. The number of aryl methyl sites for hydroxylation is 1. The lowest BCUT2D eigenvalue weighted by Crippen LogP contribution is -2.38. The van der Waals surface area contributed by atoms with E-state index in [-0.39, 0.29) is 5.91 Å². The van der Waals surface area contributed by atoms with Gasteiger partial charge in [-0.1, -0.05) is 18.2 Å². The number of likely N-dealkylation sites (tertiary alicyclic amines) is 1. The molecule has 0 N–H and O–H groups in total. The molecule has 5 rings (SSSR count). The topological polar surface area (TPSA) is 55.4 Å². The fourth-order valence-corrected chi connectivity index (χ4v) is 4.12. The Morgan fingerprint density at radius 1 is 1.11 bits per heavy atom. The first-order chi connectivity index (χ1) is 13.2. The normalized spacial score (nSPS) is 15.7. The van der Waals surface area contributed by atoms with Crippen molar-refractivity contribution in [1.29, 1.82) is 0 Å². The maximum absolute atomic E-state index is 13.1. The Labute approximate surface area is 157 Å². The molecular weight excluding hydrogens is 338 g/mol. The van der Waals surface area contributed by atoms with Gasteiger partial charge in [-0.05, 0) is 25.0 Å². The van der Waals surface area contributed by atoms with E-state index in [2.05, 4.69) is 11.2 Å². The van der Waals surface area contributed by atoms with Crippen molar-refractivity contribution in [2.24, 2.45) is 7.05 Å². The SMILES string of the molecule is Cn1cc(C(=O)N2CCC(c3ccn4nccc4n3)CC2)c2ccccc21. The summed E-state index contributed by atoms with van der Waals surface area (Å²) in [5, 5.41) is 5.23. The molecule has 0 radical (unpaired) electrons. The van der Waals surface area contributed by atoms with Crippen LogP contribution in [-0.4, -0.2) is 43.1 Å². The lowest BCUT2D eigenvalue weighted by molar-refractivity contribution is 0.0714. The van der Waals surface area contributed by atoms with Crippen LogP contribution < -0.4 is 0 Å². The third-order valence-electron chi connectivity index (χ3n) is 5.61. The first-order valence-electron chi connectivity index (χ1n) is 9.34. The van der Waals surface area contributed by atoms with Crippen LogP contribution in [-0.2, 0) is 7.05 Å². The van der Waals surface area contributed by atoms with Crippen molar-refractivity contribution in [2.45, 2.75) is 18.8 Å². The van der Waals surface area contributed by atoms with Crippen LogP contribution in [0.2, 0.25) is 0 Å². The van der Waals surface area contributed by atoms with Gasteiger partial charge in [-0.3, -0.25) is 4.79 Å². The zero-order valence-electron chi connectivity index (χ0n) is 15.2. The van der Waals surface area contributed by atoms with E-state index in [1.165, 1.54) is 0 Å². The number of piperidine rings is 1. The van der Waals surface area contributed by atoms with E-state index in [0.29, 0.717) is 5.92 Å². The van der Waals surface area contributed by atoms with Crippen LogP contribution >= 0.6 is 0 Å². The first-order valence-corrected chi connectivity index (χ1v) is 9.34. The number of nitrogens with zero attached hydrogens (tertiary/aromatic N) is 5. The quantitative estimate of drug-likeness (QED) is 0.552. The molecule has 0 spiro atoms. The molecule has 1 aliphatic rings. The number of carbonyl (C=O) groups excluding carboxylic acids is 1. The minimum Gasteiger partial charge on any atom is -0.350 e. The lowest BCUT2D eigenvalue weighted by Gasteiger charge is -2.31. The highest BCUT2D eigenvalue weighted by molar-refractivity contribution is 6.07. The Morgan fingerprint density at radius 3 is 2.78 bits per heavy atom. The molecule has 0 saturated carbocycles. The number of fused-ring (bicyclic) bond motifs is 2. The molecule has 0 aliphatic carbocycles. The maximum atomic E-state index is 13.1. The van der Waals surface area contributed by atoms with Gasteiger partial charge in [-0.2, -0.15) is 5.10 Å². The van der Waals surface area contributed by atoms with Crippen molar-refractivity contribution in [1.82, 2.24) is 24.1 Å². The zero-order valence-corrected chi connectivity index (χ0v) is 15.2. The zero-order chi connectivity index (χ0) is 18.4. The van der Waals surface area contributed by atoms with Gasteiger partial charge in [0.05, 0.1) is 11.8 Å². The van der Waals surface area contributed by atoms with E-state index in [0.717, 1.165) is 53.7 Å². The van der Waals surface area contributed by atoms with E-state index >= 15 is 0 Å². The summed E-state index contributed by atoms with van der Waals surface area (Å²) in [6.45, 7) is 1.53. The van der Waals surface area contributed by atoms with Gasteiger partial charge in [0.25, 0.3) is 5.91 Å². The van der Waals surface area contributed by atoms with Crippen LogP contribution in [0.1, 0.15) is 34.8 Å². The summed E-state index contributed by atoms with van der Waals surface area (Å²) in [5.41, 5.74) is 3.86. The molecule has 3 aromatic heterocycles. The van der Waals surface area contributed by atoms with Crippen molar-refractivity contribution in [3.05, 3.63) is 66.2 Å². The average molecular weight is 359 g/mol. The molecule has 1 aromatic carbocycles. The summed E-state index contributed by atoms with van der Waals surface area (Å²) in [4.78, 5) is 19.8. The molecule has 4 heterocycles. The average Bonchev–Trinajstić information content (AvgIpc) is 3.32. The summed E-state index contributed by atoms with van der Waals surface area (Å²) in [6, 6.07) is 12.0. The number of amides is 1. The predicted octanol–water partition coefficient (Wildman–Crippen LogP) is 3.24. The van der Waals surface area contributed by atoms with Gasteiger partial charge in [-0.25, -0.2) is 9.50 Å². The number of aromatic nitrogens is 4. The Morgan fingerprint density at radius 2 is 1.93 bits per heavy atom. The third kappa shape index (κ3) is 2.68. The van der Waals surface area contributed by atoms with Crippen molar-refractivity contribution >= 4 is 22.5 Å². The fraction of sp³-hybridized carbons (Fsp3) is 0.286. The second-order valence-corrected chi connectivity index (χ2v) is 7.22. The van der Waals surface area contributed by atoms with E-state index in [1.54, 1.807) is 10.7 Å². The smallest absolute Gasteiger partial charge is 0.256 e. The molecule has 0 unspecified atom stereocenters. The van der Waals surface area contributed by atoms with E-state index in [9.17, 15) is 4.79 Å². The second-order valence-electron chi connectivity index (χ2n) is 7.22. The summed E-state index contributed by atoms with van der Waals surface area (Å²) in [6.07, 6.45) is 7.55. The molecule has 136 valence electrons. The molecule has 0 atom stereocenters. The van der Waals surface area contributed by atoms with E-state index in [4.69, 9.17) is 4.98 Å². The molecule has 1 aliphatic heterocycles. The molecule has 1 amide bonds. The molecule has 1 fully saturated rings. The molecule has 6 nitrogen and oxygen atoms in total. The summed E-state index contributed by atoms with van der Waals surface area (Å²) >= 11 is 0. The summed E-state index contributed by atoms with van der Waals surface area (Å²) < 4.78 is 3.81. The lowest BCUT2D eigenvalue weighted by atomic mass is 9.93. The predicted molar refractivity (Wildman–Crippen MR) is 104 cm³/mol. The van der Waals surface area contributed by atoms with Gasteiger partial charge in [0.1, 0.15) is 0 Å². The largest absolute Gasteiger partial charge is 0.350 e. The Bertz CT molecular complexity index is 1130. The van der Waals surface area contributed by atoms with Crippen LogP contribution in [0.25, 0.3) is 16.6 Å². The van der Waals surface area contributed by atoms with Crippen molar-refractivity contribution in [3.8, 4) is 0 Å². The molecular formula is C21H21N5O. The van der Waals surface area contributed by atoms with E-state index < -0.39 is 0 Å². The number of hydrogen-bond donors (Lipinski definition) is 0. The van der Waals surface area contributed by atoms with Gasteiger partial charge in [-0.15, -0.1) is 0 Å². The van der Waals surface area contributed by atoms with Crippen LogP contribution in [0.5, 0.6) is 0 Å². The minimum atomic E-state index is 0.129. The van der Waals surface area contributed by atoms with Crippen LogP contribution in [0.15, 0.2) is 55.0 Å². The third-order valence-corrected chi connectivity index (χ3v) is 5.61. The van der Waals surface area contributed by atoms with Gasteiger partial charge < -0.3 is 9.47 Å². The van der Waals surface area contributed by atoms with Gasteiger partial charge >= 0.3 is 0 Å². The van der Waals surface area contributed by atoms with Crippen molar-refractivity contribution in [3.63, 3.8) is 0 Å². The van der Waals surface area contributed by atoms with Crippen LogP contribution in [0.4, 0.5) is 0 Å². The Hall–Kier alpha value is -3.15. The molecule has 6 heteroatoms. The molecule has 0 bridgehead atoms. The number of rotatable bonds is 2. The fourth-order valence-electron chi connectivity index (χ4n) is 4.12. The number of para-hydroxylation sites is 1. The monoisotopic (exact) mass is 359 g/mol. The van der Waals surface area contributed by atoms with Gasteiger partial charge in [0.15, 0.2) is 5.65 Å². The summed E-state index contributed by atoms with van der Waals surface area (Å²) in [7, 11) is 1.99.